The molecule has 6 heteroatoms. The zero-order chi connectivity index (χ0) is 14.5. The normalized spacial score (nSPS) is 15.7. The summed E-state index contributed by atoms with van der Waals surface area (Å²) in [7, 11) is 1.46. The summed E-state index contributed by atoms with van der Waals surface area (Å²) in [6.45, 7) is 2.97. The lowest BCUT2D eigenvalue weighted by atomic mass is 10.1. The largest absolute Gasteiger partial charge is 0.504 e. The summed E-state index contributed by atoms with van der Waals surface area (Å²) in [5, 5.41) is 18.4. The zero-order valence-electron chi connectivity index (χ0n) is 11.4. The van der Waals surface area contributed by atoms with Crippen LogP contribution in [0, 0.1) is 11.3 Å². The van der Waals surface area contributed by atoms with E-state index in [0.29, 0.717) is 44.0 Å². The molecule has 1 fully saturated rings. The monoisotopic (exact) mass is 275 g/mol. The number of ether oxygens (including phenoxy) is 1. The predicted octanol–water partition coefficient (Wildman–Crippen LogP) is 0.682. The molecule has 0 radical (unpaired) electrons. The number of methoxy groups -OCH3 is 1. The second-order valence-electron chi connectivity index (χ2n) is 4.61. The van der Waals surface area contributed by atoms with Gasteiger partial charge in [-0.25, -0.2) is 0 Å². The van der Waals surface area contributed by atoms with Crippen molar-refractivity contribution in [1.29, 1.82) is 5.26 Å². The van der Waals surface area contributed by atoms with Crippen molar-refractivity contribution in [2.45, 2.75) is 0 Å². The molecule has 1 aliphatic rings. The van der Waals surface area contributed by atoms with Crippen LogP contribution < -0.4 is 4.74 Å². The Morgan fingerprint density at radius 2 is 2.10 bits per heavy atom. The Kier molecular flexibility index (Phi) is 4.43. The first kappa shape index (κ1) is 14.2. The minimum absolute atomic E-state index is 0.0403. The highest BCUT2D eigenvalue weighted by Crippen LogP contribution is 2.26. The van der Waals surface area contributed by atoms with E-state index in [2.05, 4.69) is 6.07 Å². The number of phenols is 1. The summed E-state index contributed by atoms with van der Waals surface area (Å²) in [5.41, 5.74) is 0.442. The molecule has 0 aromatic heterocycles. The quantitative estimate of drug-likeness (QED) is 0.821. The van der Waals surface area contributed by atoms with Crippen LogP contribution in [0.2, 0.25) is 0 Å². The Labute approximate surface area is 117 Å². The molecule has 0 aliphatic carbocycles. The summed E-state index contributed by atoms with van der Waals surface area (Å²) in [6, 6.07) is 6.75. The molecule has 0 saturated carbocycles. The molecular formula is C14H17N3O3. The SMILES string of the molecule is COc1ccc(C(=O)N2CCN(CC#N)CC2)cc1O. The fourth-order valence-electron chi connectivity index (χ4n) is 2.21. The van der Waals surface area contributed by atoms with Crippen LogP contribution in [0.4, 0.5) is 0 Å². The van der Waals surface area contributed by atoms with Gasteiger partial charge >= 0.3 is 0 Å². The Bertz CT molecular complexity index is 531. The van der Waals surface area contributed by atoms with E-state index in [1.807, 2.05) is 4.90 Å². The molecular weight excluding hydrogens is 258 g/mol. The second kappa shape index (κ2) is 6.26. The summed E-state index contributed by atoms with van der Waals surface area (Å²) < 4.78 is 4.95. The number of benzene rings is 1. The number of carbonyl (C=O) groups excluding carboxylic acids is 1. The molecule has 1 heterocycles. The summed E-state index contributed by atoms with van der Waals surface area (Å²) in [6.07, 6.45) is 0. The molecule has 1 amide bonds. The van der Waals surface area contributed by atoms with E-state index in [4.69, 9.17) is 10.00 Å². The molecule has 106 valence electrons. The van der Waals surface area contributed by atoms with Crippen LogP contribution in [0.1, 0.15) is 10.4 Å². The highest BCUT2D eigenvalue weighted by Gasteiger charge is 2.22. The maximum absolute atomic E-state index is 12.3. The lowest BCUT2D eigenvalue weighted by Gasteiger charge is -2.33. The number of nitriles is 1. The Balaban J connectivity index is 2.02. The lowest BCUT2D eigenvalue weighted by Crippen LogP contribution is -2.48. The highest BCUT2D eigenvalue weighted by atomic mass is 16.5. The van der Waals surface area contributed by atoms with Gasteiger partial charge in [-0.2, -0.15) is 5.26 Å². The molecule has 0 bridgehead atoms. The smallest absolute Gasteiger partial charge is 0.254 e. The van der Waals surface area contributed by atoms with Crippen LogP contribution in [-0.2, 0) is 0 Å². The molecule has 6 nitrogen and oxygen atoms in total. The van der Waals surface area contributed by atoms with Gasteiger partial charge in [0, 0.05) is 31.7 Å². The maximum atomic E-state index is 12.3. The standard InChI is InChI=1S/C14H17N3O3/c1-20-13-3-2-11(10-12(13)18)14(19)17-8-6-16(5-4-15)7-9-17/h2-3,10,18H,5-9H2,1H3. The van der Waals surface area contributed by atoms with Crippen LogP contribution in [0.15, 0.2) is 18.2 Å². The summed E-state index contributed by atoms with van der Waals surface area (Å²) in [4.78, 5) is 16.0. The molecule has 0 atom stereocenters. The molecule has 1 N–H and O–H groups in total. The van der Waals surface area contributed by atoms with Crippen LogP contribution in [0.5, 0.6) is 11.5 Å². The Morgan fingerprint density at radius 3 is 2.65 bits per heavy atom. The van der Waals surface area contributed by atoms with Crippen molar-refractivity contribution in [1.82, 2.24) is 9.80 Å². The van der Waals surface area contributed by atoms with Gasteiger partial charge in [-0.15, -0.1) is 0 Å². The van der Waals surface area contributed by atoms with Crippen molar-refractivity contribution in [2.75, 3.05) is 39.8 Å². The number of aromatic hydroxyl groups is 1. The number of amides is 1. The van der Waals surface area contributed by atoms with Gasteiger partial charge in [0.2, 0.25) is 0 Å². The predicted molar refractivity (Wildman–Crippen MR) is 72.6 cm³/mol. The van der Waals surface area contributed by atoms with Crippen LogP contribution >= 0.6 is 0 Å². The lowest BCUT2D eigenvalue weighted by molar-refractivity contribution is 0.0651. The van der Waals surface area contributed by atoms with Crippen LogP contribution in [-0.4, -0.2) is 60.6 Å². The van der Waals surface area contributed by atoms with E-state index >= 15 is 0 Å². The number of phenolic OH excluding ortho intramolecular Hbond substituents is 1. The minimum atomic E-state index is -0.112. The van der Waals surface area contributed by atoms with Crippen molar-refractivity contribution in [3.05, 3.63) is 23.8 Å². The topological polar surface area (TPSA) is 76.8 Å². The number of nitrogens with zero attached hydrogens (tertiary/aromatic N) is 3. The first-order chi connectivity index (χ1) is 9.65. The molecule has 0 spiro atoms. The van der Waals surface area contributed by atoms with E-state index < -0.39 is 0 Å². The first-order valence-corrected chi connectivity index (χ1v) is 6.41. The number of hydrogen-bond acceptors (Lipinski definition) is 5. The average molecular weight is 275 g/mol. The van der Waals surface area contributed by atoms with Crippen LogP contribution in [0.25, 0.3) is 0 Å². The van der Waals surface area contributed by atoms with Crippen molar-refractivity contribution < 1.29 is 14.6 Å². The van der Waals surface area contributed by atoms with Crippen LogP contribution in [0.3, 0.4) is 0 Å². The van der Waals surface area contributed by atoms with E-state index in [1.54, 1.807) is 17.0 Å². The van der Waals surface area contributed by atoms with Gasteiger partial charge in [0.25, 0.3) is 5.91 Å². The number of carbonyl (C=O) groups is 1. The average Bonchev–Trinajstić information content (AvgIpc) is 2.47. The fraction of sp³-hybridized carbons (Fsp3) is 0.429. The van der Waals surface area contributed by atoms with E-state index in [9.17, 15) is 9.90 Å². The second-order valence-corrected chi connectivity index (χ2v) is 4.61. The van der Waals surface area contributed by atoms with E-state index in [0.717, 1.165) is 0 Å². The van der Waals surface area contributed by atoms with Gasteiger partial charge in [0.15, 0.2) is 11.5 Å². The minimum Gasteiger partial charge on any atom is -0.504 e. The van der Waals surface area contributed by atoms with Gasteiger partial charge in [-0.3, -0.25) is 9.69 Å². The van der Waals surface area contributed by atoms with Gasteiger partial charge in [-0.1, -0.05) is 0 Å². The first-order valence-electron chi connectivity index (χ1n) is 6.41. The van der Waals surface area contributed by atoms with Gasteiger partial charge in [0.1, 0.15) is 0 Å². The molecule has 1 aliphatic heterocycles. The van der Waals surface area contributed by atoms with Gasteiger partial charge in [-0.05, 0) is 18.2 Å². The molecule has 2 rings (SSSR count). The Morgan fingerprint density at radius 1 is 1.40 bits per heavy atom. The third kappa shape index (κ3) is 3.00. The van der Waals surface area contributed by atoms with Gasteiger partial charge < -0.3 is 14.7 Å². The van der Waals surface area contributed by atoms with Crippen molar-refractivity contribution >= 4 is 5.91 Å². The molecule has 0 unspecified atom stereocenters. The number of rotatable bonds is 3. The highest BCUT2D eigenvalue weighted by molar-refractivity contribution is 5.95. The van der Waals surface area contributed by atoms with E-state index in [1.165, 1.54) is 13.2 Å². The van der Waals surface area contributed by atoms with Gasteiger partial charge in [0.05, 0.1) is 19.7 Å². The maximum Gasteiger partial charge on any atom is 0.254 e. The molecule has 1 aromatic rings. The summed E-state index contributed by atoms with van der Waals surface area (Å²) >= 11 is 0. The summed E-state index contributed by atoms with van der Waals surface area (Å²) in [5.74, 6) is 0.196. The zero-order valence-corrected chi connectivity index (χ0v) is 11.4. The Hall–Kier alpha value is -2.26. The molecule has 1 saturated heterocycles. The van der Waals surface area contributed by atoms with Crippen molar-refractivity contribution in [3.8, 4) is 17.6 Å². The number of piperazine rings is 1. The van der Waals surface area contributed by atoms with Crippen molar-refractivity contribution in [3.63, 3.8) is 0 Å². The molecule has 1 aromatic carbocycles. The fourth-order valence-corrected chi connectivity index (χ4v) is 2.21. The number of hydrogen-bond donors (Lipinski definition) is 1. The molecule has 20 heavy (non-hydrogen) atoms. The van der Waals surface area contributed by atoms with E-state index in [-0.39, 0.29) is 11.7 Å². The third-order valence-corrected chi connectivity index (χ3v) is 3.38. The van der Waals surface area contributed by atoms with Crippen molar-refractivity contribution in [2.24, 2.45) is 0 Å². The third-order valence-electron chi connectivity index (χ3n) is 3.38.